The Kier molecular flexibility index (Phi) is 5.35. The lowest BCUT2D eigenvalue weighted by molar-refractivity contribution is -0.779. The van der Waals surface area contributed by atoms with E-state index >= 15 is 0 Å². The van der Waals surface area contributed by atoms with E-state index in [0.717, 1.165) is 27.8 Å². The molecular weight excluding hydrogens is 434 g/mol. The number of carbonyl (C=O) groups excluding carboxylic acids is 1. The number of carbonyl (C=O) groups is 1. The molecule has 0 aliphatic carbocycles. The third-order valence-electron chi connectivity index (χ3n) is 5.31. The average Bonchev–Trinajstić information content (AvgIpc) is 3.44. The second kappa shape index (κ2) is 8.48. The highest BCUT2D eigenvalue weighted by molar-refractivity contribution is 7.21. The van der Waals surface area contributed by atoms with Crippen LogP contribution in [0.3, 0.4) is 0 Å². The number of thiophene rings is 1. The molecule has 164 valence electrons. The molecule has 1 amide bonds. The number of anilines is 2. The molecule has 0 atom stereocenters. The van der Waals surface area contributed by atoms with Gasteiger partial charge in [0.1, 0.15) is 9.71 Å². The van der Waals surface area contributed by atoms with Crippen molar-refractivity contribution in [2.24, 2.45) is 0 Å². The number of hydrogen-bond donors (Lipinski definition) is 2. The Morgan fingerprint density at radius 2 is 1.73 bits per heavy atom. The fourth-order valence-corrected chi connectivity index (χ4v) is 4.63. The van der Waals surface area contributed by atoms with Crippen LogP contribution in [0, 0.1) is 0 Å². The van der Waals surface area contributed by atoms with Crippen molar-refractivity contribution in [2.45, 2.75) is 19.9 Å². The molecule has 0 fully saturated rings. The lowest BCUT2D eigenvalue weighted by Crippen LogP contribution is -2.36. The lowest BCUT2D eigenvalue weighted by atomic mass is 9.99. The van der Waals surface area contributed by atoms with Crippen LogP contribution in [-0.4, -0.2) is 16.2 Å². The van der Waals surface area contributed by atoms with E-state index in [4.69, 9.17) is 15.2 Å². The molecule has 5 rings (SSSR count). The molecule has 3 aromatic heterocycles. The lowest BCUT2D eigenvalue weighted by Gasteiger charge is -2.09. The van der Waals surface area contributed by atoms with Gasteiger partial charge in [-0.05, 0) is 35.7 Å². The molecule has 5 aromatic rings. The second-order valence-electron chi connectivity index (χ2n) is 7.91. The van der Waals surface area contributed by atoms with Gasteiger partial charge in [0.25, 0.3) is 12.1 Å². The minimum atomic E-state index is -0.358. The standard InChI is InChI=1S/C25H21N5O2S/c1-15(2)30-14-20(32-29-30)28-24(31)23-22(26)21-18(16-9-5-3-6-10-16)13-19(27-25(21)33-23)17-11-7-4-8-12-17/h3-15H,1-2H3,(H2-,26,28,29,31)/p+1. The Morgan fingerprint density at radius 3 is 2.36 bits per heavy atom. The third kappa shape index (κ3) is 3.96. The molecule has 2 aromatic carbocycles. The van der Waals surface area contributed by atoms with E-state index < -0.39 is 0 Å². The maximum atomic E-state index is 13.1. The number of nitrogens with one attached hydrogen (secondary N) is 1. The van der Waals surface area contributed by atoms with Gasteiger partial charge in [0.05, 0.1) is 11.4 Å². The van der Waals surface area contributed by atoms with Crippen LogP contribution in [0.2, 0.25) is 0 Å². The normalized spacial score (nSPS) is 11.2. The molecule has 0 radical (unpaired) electrons. The number of amides is 1. The Balaban J connectivity index is 1.63. The first-order chi connectivity index (χ1) is 16.0. The highest BCUT2D eigenvalue weighted by Gasteiger charge is 2.24. The molecule has 0 aliphatic heterocycles. The van der Waals surface area contributed by atoms with E-state index in [1.807, 2.05) is 80.6 Å². The number of nitrogens with zero attached hydrogens (tertiary/aromatic N) is 3. The first-order valence-corrected chi connectivity index (χ1v) is 11.4. The minimum absolute atomic E-state index is 0.114. The van der Waals surface area contributed by atoms with Gasteiger partial charge in [0.15, 0.2) is 6.04 Å². The first kappa shape index (κ1) is 20.8. The van der Waals surface area contributed by atoms with Gasteiger partial charge >= 0.3 is 5.88 Å². The van der Waals surface area contributed by atoms with Crippen molar-refractivity contribution in [3.63, 3.8) is 0 Å². The van der Waals surface area contributed by atoms with E-state index in [1.165, 1.54) is 11.3 Å². The number of pyridine rings is 1. The van der Waals surface area contributed by atoms with Gasteiger partial charge in [-0.1, -0.05) is 60.7 Å². The van der Waals surface area contributed by atoms with Gasteiger partial charge in [-0.2, -0.15) is 0 Å². The molecule has 0 spiro atoms. The van der Waals surface area contributed by atoms with Crippen molar-refractivity contribution in [2.75, 3.05) is 11.1 Å². The van der Waals surface area contributed by atoms with Gasteiger partial charge in [-0.3, -0.25) is 14.6 Å². The van der Waals surface area contributed by atoms with Crippen molar-refractivity contribution < 1.29 is 14.0 Å². The zero-order valence-corrected chi connectivity index (χ0v) is 19.0. The van der Waals surface area contributed by atoms with Crippen LogP contribution < -0.4 is 15.7 Å². The zero-order chi connectivity index (χ0) is 22.9. The van der Waals surface area contributed by atoms with Crippen molar-refractivity contribution in [1.82, 2.24) is 10.3 Å². The van der Waals surface area contributed by atoms with Gasteiger partial charge in [0.2, 0.25) is 5.27 Å². The number of benzene rings is 2. The SMILES string of the molecule is CC(C)[n+]1cc(NC(=O)c2sc3nc(-c4ccccc4)cc(-c4ccccc4)c3c2N)on1. The van der Waals surface area contributed by atoms with Crippen molar-refractivity contribution >= 4 is 39.0 Å². The summed E-state index contributed by atoms with van der Waals surface area (Å²) in [5.74, 6) is -0.102. The quantitative estimate of drug-likeness (QED) is 0.349. The van der Waals surface area contributed by atoms with E-state index in [0.29, 0.717) is 15.4 Å². The van der Waals surface area contributed by atoms with E-state index in [9.17, 15) is 4.79 Å². The summed E-state index contributed by atoms with van der Waals surface area (Å²) in [4.78, 5) is 19.0. The van der Waals surface area contributed by atoms with Crippen LogP contribution in [0.15, 0.2) is 77.4 Å². The maximum Gasteiger partial charge on any atom is 0.302 e. The molecular formula is C25H22N5O2S+. The summed E-state index contributed by atoms with van der Waals surface area (Å²) >= 11 is 1.26. The van der Waals surface area contributed by atoms with Gasteiger partial charge < -0.3 is 5.73 Å². The predicted octanol–water partition coefficient (Wildman–Crippen LogP) is 5.32. The molecule has 7 nitrogen and oxygen atoms in total. The predicted molar refractivity (Wildman–Crippen MR) is 130 cm³/mol. The molecule has 33 heavy (non-hydrogen) atoms. The largest absolute Gasteiger partial charge is 0.397 e. The summed E-state index contributed by atoms with van der Waals surface area (Å²) in [6.45, 7) is 3.94. The third-order valence-corrected chi connectivity index (χ3v) is 6.41. The van der Waals surface area contributed by atoms with Gasteiger partial charge in [-0.25, -0.2) is 4.98 Å². The van der Waals surface area contributed by atoms with Gasteiger partial charge in [0, 0.05) is 10.9 Å². The fourth-order valence-electron chi connectivity index (χ4n) is 3.62. The van der Waals surface area contributed by atoms with Crippen LogP contribution in [-0.2, 0) is 0 Å². The number of hydrogen-bond acceptors (Lipinski definition) is 6. The van der Waals surface area contributed by atoms with E-state index in [2.05, 4.69) is 10.6 Å². The second-order valence-corrected chi connectivity index (χ2v) is 8.91. The average molecular weight is 457 g/mol. The monoisotopic (exact) mass is 456 g/mol. The number of rotatable bonds is 5. The van der Waals surface area contributed by atoms with Crippen LogP contribution in [0.25, 0.3) is 32.6 Å². The number of aromatic nitrogens is 3. The fraction of sp³-hybridized carbons (Fsp3) is 0.120. The molecule has 0 bridgehead atoms. The summed E-state index contributed by atoms with van der Waals surface area (Å²) in [7, 11) is 0. The Labute approximate surface area is 194 Å². The molecule has 0 unspecified atom stereocenters. The highest BCUT2D eigenvalue weighted by atomic mass is 32.1. The number of nitrogens with two attached hydrogens (primary N) is 1. The molecule has 0 aliphatic rings. The maximum absolute atomic E-state index is 13.1. The Bertz CT molecular complexity index is 1440. The zero-order valence-electron chi connectivity index (χ0n) is 18.1. The molecule has 0 saturated heterocycles. The topological polar surface area (TPSA) is 97.9 Å². The van der Waals surface area contributed by atoms with Crippen molar-refractivity contribution in [3.8, 4) is 22.4 Å². The van der Waals surface area contributed by atoms with Crippen molar-refractivity contribution in [3.05, 3.63) is 77.8 Å². The highest BCUT2D eigenvalue weighted by Crippen LogP contribution is 2.41. The Morgan fingerprint density at radius 1 is 1.06 bits per heavy atom. The van der Waals surface area contributed by atoms with Crippen LogP contribution in [0.4, 0.5) is 11.6 Å². The smallest absolute Gasteiger partial charge is 0.302 e. The number of nitrogen functional groups attached to an aromatic ring is 1. The summed E-state index contributed by atoms with van der Waals surface area (Å²) < 4.78 is 6.86. The van der Waals surface area contributed by atoms with E-state index in [1.54, 1.807) is 10.9 Å². The first-order valence-electron chi connectivity index (χ1n) is 10.5. The van der Waals surface area contributed by atoms with E-state index in [-0.39, 0.29) is 17.8 Å². The summed E-state index contributed by atoms with van der Waals surface area (Å²) in [5.41, 5.74) is 10.7. The minimum Gasteiger partial charge on any atom is -0.397 e. The summed E-state index contributed by atoms with van der Waals surface area (Å²) in [5, 5.41) is 7.44. The summed E-state index contributed by atoms with van der Waals surface area (Å²) in [6, 6.07) is 22.1. The van der Waals surface area contributed by atoms with Crippen LogP contribution >= 0.6 is 11.3 Å². The molecule has 8 heteroatoms. The Hall–Kier alpha value is -4.04. The molecule has 3 N–H and O–H groups in total. The van der Waals surface area contributed by atoms with Crippen LogP contribution in [0.1, 0.15) is 29.6 Å². The number of fused-ring (bicyclic) bond motifs is 1. The molecule has 0 saturated carbocycles. The summed E-state index contributed by atoms with van der Waals surface area (Å²) in [6.07, 6.45) is 1.65. The van der Waals surface area contributed by atoms with Gasteiger partial charge in [-0.15, -0.1) is 11.3 Å². The van der Waals surface area contributed by atoms with Crippen LogP contribution in [0.5, 0.6) is 0 Å². The molecule has 3 heterocycles. The van der Waals surface area contributed by atoms with Crippen molar-refractivity contribution in [1.29, 1.82) is 0 Å².